The molecule has 0 spiro atoms. The van der Waals surface area contributed by atoms with Crippen molar-refractivity contribution in [3.8, 4) is 0 Å². The van der Waals surface area contributed by atoms with E-state index in [0.29, 0.717) is 11.8 Å². The molecule has 1 saturated carbocycles. The van der Waals surface area contributed by atoms with Gasteiger partial charge in [-0.1, -0.05) is 248 Å². The average Bonchev–Trinajstić information content (AvgIpc) is 3.34. The van der Waals surface area contributed by atoms with Gasteiger partial charge >= 0.3 is 0 Å². The number of rotatable bonds is 34. The first-order valence-corrected chi connectivity index (χ1v) is 28.7. The quantitative estimate of drug-likeness (QED) is 0.0362. The van der Waals surface area contributed by atoms with Crippen LogP contribution in [0.4, 0.5) is 11.4 Å². The van der Waals surface area contributed by atoms with Gasteiger partial charge in [-0.05, 0) is 127 Å². The molecule has 67 heavy (non-hydrogen) atoms. The molecule has 0 radical (unpaired) electrons. The first-order chi connectivity index (χ1) is 32.8. The zero-order valence-electron chi connectivity index (χ0n) is 44.1. The SMILES string of the molecule is CCCCCCCCCCCC1CCC(c2ccc(C(CCCCCCCCCC)c3ccc(N)cc3C)cc2)(c2ccc(C(CCCCCCCCCC)c3ccc(N)cc3C)cc2)CC1. The van der Waals surface area contributed by atoms with Crippen molar-refractivity contribution >= 4 is 11.4 Å². The van der Waals surface area contributed by atoms with Gasteiger partial charge in [0.1, 0.15) is 0 Å². The number of hydrogen-bond acceptors (Lipinski definition) is 2. The van der Waals surface area contributed by atoms with Gasteiger partial charge in [-0.15, -0.1) is 0 Å². The Bertz CT molecular complexity index is 1780. The molecule has 4 N–H and O–H groups in total. The molecule has 1 aliphatic rings. The molecule has 0 amide bonds. The minimum absolute atomic E-state index is 0.0425. The fourth-order valence-electron chi connectivity index (χ4n) is 12.2. The zero-order chi connectivity index (χ0) is 47.5. The van der Waals surface area contributed by atoms with Crippen molar-refractivity contribution in [3.63, 3.8) is 0 Å². The fourth-order valence-corrected chi connectivity index (χ4v) is 12.2. The van der Waals surface area contributed by atoms with Crippen molar-refractivity contribution in [2.75, 3.05) is 11.5 Å². The van der Waals surface area contributed by atoms with E-state index in [2.05, 4.69) is 120 Å². The first kappa shape index (κ1) is 54.4. The Morgan fingerprint density at radius 3 is 1.09 bits per heavy atom. The van der Waals surface area contributed by atoms with Crippen molar-refractivity contribution in [2.24, 2.45) is 5.92 Å². The molecule has 2 heteroatoms. The summed E-state index contributed by atoms with van der Waals surface area (Å²) in [5.74, 6) is 1.64. The second-order valence-electron chi connectivity index (χ2n) is 21.8. The number of anilines is 2. The predicted octanol–water partition coefficient (Wildman–Crippen LogP) is 20.2. The number of nitrogen functional groups attached to an aromatic ring is 2. The van der Waals surface area contributed by atoms with Crippen LogP contribution in [-0.4, -0.2) is 0 Å². The molecule has 0 heterocycles. The van der Waals surface area contributed by atoms with Crippen molar-refractivity contribution in [1.29, 1.82) is 0 Å². The van der Waals surface area contributed by atoms with Crippen molar-refractivity contribution in [1.82, 2.24) is 0 Å². The van der Waals surface area contributed by atoms with Gasteiger partial charge in [0, 0.05) is 28.6 Å². The molecular formula is C65H100N2. The highest BCUT2D eigenvalue weighted by molar-refractivity contribution is 5.51. The number of nitrogens with two attached hydrogens (primary N) is 2. The van der Waals surface area contributed by atoms with E-state index in [0.717, 1.165) is 17.3 Å². The number of hydrogen-bond donors (Lipinski definition) is 2. The average molecular weight is 910 g/mol. The Hall–Kier alpha value is -3.52. The molecule has 1 fully saturated rings. The van der Waals surface area contributed by atoms with Crippen LogP contribution in [0.2, 0.25) is 0 Å². The number of unbranched alkanes of at least 4 members (excludes halogenated alkanes) is 22. The lowest BCUT2D eigenvalue weighted by atomic mass is 9.62. The summed E-state index contributed by atoms with van der Waals surface area (Å²) in [5.41, 5.74) is 25.9. The van der Waals surface area contributed by atoms with Crippen LogP contribution in [0.5, 0.6) is 0 Å². The van der Waals surface area contributed by atoms with Gasteiger partial charge in [-0.3, -0.25) is 0 Å². The van der Waals surface area contributed by atoms with Crippen LogP contribution >= 0.6 is 0 Å². The lowest BCUT2D eigenvalue weighted by Crippen LogP contribution is -2.33. The van der Waals surface area contributed by atoms with Crippen LogP contribution in [0.25, 0.3) is 0 Å². The molecule has 0 aliphatic heterocycles. The second kappa shape index (κ2) is 30.9. The molecule has 5 rings (SSSR count). The van der Waals surface area contributed by atoms with Gasteiger partial charge in [0.2, 0.25) is 0 Å². The maximum Gasteiger partial charge on any atom is 0.0316 e. The summed E-state index contributed by atoms with van der Waals surface area (Å²) >= 11 is 0. The molecule has 0 aromatic heterocycles. The van der Waals surface area contributed by atoms with Crippen LogP contribution in [0.3, 0.4) is 0 Å². The third-order valence-electron chi connectivity index (χ3n) is 16.4. The molecule has 2 atom stereocenters. The molecule has 4 aromatic carbocycles. The van der Waals surface area contributed by atoms with Crippen LogP contribution in [-0.2, 0) is 5.41 Å². The van der Waals surface area contributed by atoms with Gasteiger partial charge in [-0.2, -0.15) is 0 Å². The summed E-state index contributed by atoms with van der Waals surface area (Å²) in [6, 6.07) is 33.6. The number of benzene rings is 4. The third-order valence-corrected chi connectivity index (χ3v) is 16.4. The van der Waals surface area contributed by atoms with Gasteiger partial charge in [0.15, 0.2) is 0 Å². The summed E-state index contributed by atoms with van der Waals surface area (Å²) in [7, 11) is 0. The van der Waals surface area contributed by atoms with Crippen LogP contribution in [0, 0.1) is 19.8 Å². The van der Waals surface area contributed by atoms with E-state index in [1.807, 2.05) is 0 Å². The highest BCUT2D eigenvalue weighted by Crippen LogP contribution is 2.49. The molecule has 0 bridgehead atoms. The van der Waals surface area contributed by atoms with Gasteiger partial charge in [0.05, 0.1) is 0 Å². The lowest BCUT2D eigenvalue weighted by Gasteiger charge is -2.42. The molecular weight excluding hydrogens is 809 g/mol. The van der Waals surface area contributed by atoms with Gasteiger partial charge in [0.25, 0.3) is 0 Å². The van der Waals surface area contributed by atoms with Crippen molar-refractivity contribution < 1.29 is 0 Å². The fraction of sp³-hybridized carbons (Fsp3) is 0.631. The van der Waals surface area contributed by atoms with Crippen LogP contribution < -0.4 is 11.5 Å². The smallest absolute Gasteiger partial charge is 0.0316 e. The standard InChI is InChI=1S/C65H100N2/c1-6-9-12-15-18-21-22-25-28-31-54-46-48-65(49-47-54,57-38-34-55(35-39-57)63(61-44-42-59(66)50-52(61)4)32-29-26-23-19-16-13-10-7-2)58-40-36-56(37-41-58)64(62-45-43-60(67)51-53(62)5)33-30-27-24-20-17-14-11-8-3/h34-45,50-51,54,63-64H,6-33,46-49,66-67H2,1-5H3. The summed E-state index contributed by atoms with van der Waals surface area (Å²) in [4.78, 5) is 0. The summed E-state index contributed by atoms with van der Waals surface area (Å²) in [6.45, 7) is 11.5. The van der Waals surface area contributed by atoms with E-state index in [1.54, 1.807) is 0 Å². The lowest BCUT2D eigenvalue weighted by molar-refractivity contribution is 0.250. The highest BCUT2D eigenvalue weighted by atomic mass is 14.5. The maximum absolute atomic E-state index is 6.31. The third kappa shape index (κ3) is 17.7. The summed E-state index contributed by atoms with van der Waals surface area (Å²) in [6.07, 6.45) is 43.3. The van der Waals surface area contributed by atoms with E-state index in [1.165, 1.54) is 250 Å². The zero-order valence-corrected chi connectivity index (χ0v) is 44.1. The van der Waals surface area contributed by atoms with E-state index >= 15 is 0 Å². The Morgan fingerprint density at radius 1 is 0.418 bits per heavy atom. The van der Waals surface area contributed by atoms with E-state index in [9.17, 15) is 0 Å². The number of aryl methyl sites for hydroxylation is 2. The molecule has 370 valence electrons. The van der Waals surface area contributed by atoms with Crippen molar-refractivity contribution in [3.05, 3.63) is 129 Å². The summed E-state index contributed by atoms with van der Waals surface area (Å²) in [5, 5.41) is 0. The second-order valence-corrected chi connectivity index (χ2v) is 21.8. The monoisotopic (exact) mass is 909 g/mol. The Morgan fingerprint density at radius 2 is 0.746 bits per heavy atom. The van der Waals surface area contributed by atoms with E-state index in [-0.39, 0.29) is 5.41 Å². The van der Waals surface area contributed by atoms with Crippen LogP contribution in [0.1, 0.15) is 283 Å². The topological polar surface area (TPSA) is 52.0 Å². The minimum atomic E-state index is 0.0425. The summed E-state index contributed by atoms with van der Waals surface area (Å²) < 4.78 is 0. The molecule has 2 unspecified atom stereocenters. The first-order valence-electron chi connectivity index (χ1n) is 28.7. The highest BCUT2D eigenvalue weighted by Gasteiger charge is 2.38. The minimum Gasteiger partial charge on any atom is -0.399 e. The Balaban J connectivity index is 1.36. The van der Waals surface area contributed by atoms with Gasteiger partial charge in [-0.25, -0.2) is 0 Å². The maximum atomic E-state index is 6.31. The molecule has 4 aromatic rings. The van der Waals surface area contributed by atoms with Crippen molar-refractivity contribution in [2.45, 2.75) is 257 Å². The van der Waals surface area contributed by atoms with Gasteiger partial charge < -0.3 is 11.5 Å². The Labute approximate surface area is 413 Å². The van der Waals surface area contributed by atoms with E-state index in [4.69, 9.17) is 11.5 Å². The molecule has 0 saturated heterocycles. The van der Waals surface area contributed by atoms with Crippen LogP contribution in [0.15, 0.2) is 84.9 Å². The molecule has 1 aliphatic carbocycles. The van der Waals surface area contributed by atoms with E-state index < -0.39 is 0 Å². The normalized spacial score (nSPS) is 17.2. The largest absolute Gasteiger partial charge is 0.399 e. The Kier molecular flexibility index (Phi) is 25.1. The predicted molar refractivity (Wildman–Crippen MR) is 297 cm³/mol. The molecule has 2 nitrogen and oxygen atoms in total.